The Morgan fingerprint density at radius 2 is 1.75 bits per heavy atom. The molecule has 0 saturated carbocycles. The van der Waals surface area contributed by atoms with Crippen LogP contribution < -0.4 is 0 Å². The quantitative estimate of drug-likeness (QED) is 0.625. The largest absolute Gasteiger partial charge is 0.366 e. The van der Waals surface area contributed by atoms with E-state index in [1.807, 2.05) is 4.90 Å². The van der Waals surface area contributed by atoms with Crippen molar-refractivity contribution in [1.29, 1.82) is 0 Å². The lowest BCUT2D eigenvalue weighted by atomic mass is 10.2. The van der Waals surface area contributed by atoms with E-state index >= 15 is 0 Å². The summed E-state index contributed by atoms with van der Waals surface area (Å²) in [6, 6.07) is 0. The van der Waals surface area contributed by atoms with Crippen LogP contribution in [0.25, 0.3) is 0 Å². The van der Waals surface area contributed by atoms with E-state index in [0.717, 1.165) is 39.3 Å². The van der Waals surface area contributed by atoms with Gasteiger partial charge in [-0.05, 0) is 14.1 Å². The highest BCUT2D eigenvalue weighted by molar-refractivity contribution is 5.77. The normalized spacial score (nSPS) is 24.5. The van der Waals surface area contributed by atoms with Crippen LogP contribution in [0.5, 0.6) is 0 Å². The van der Waals surface area contributed by atoms with Gasteiger partial charge < -0.3 is 19.4 Å². The number of hydrogen-bond donors (Lipinski definition) is 0. The lowest BCUT2D eigenvalue weighted by Crippen LogP contribution is -2.52. The Hall–Kier alpha value is -0.650. The molecule has 16 heavy (non-hydrogen) atoms. The summed E-state index contributed by atoms with van der Waals surface area (Å²) in [6.45, 7) is 5.77. The Morgan fingerprint density at radius 3 is 2.31 bits per heavy atom. The molecule has 2 aliphatic rings. The van der Waals surface area contributed by atoms with E-state index in [0.29, 0.717) is 0 Å². The second-order valence-electron chi connectivity index (χ2n) is 4.84. The van der Waals surface area contributed by atoms with Crippen molar-refractivity contribution in [2.75, 3.05) is 60.0 Å². The van der Waals surface area contributed by atoms with Crippen molar-refractivity contribution in [3.05, 3.63) is 0 Å². The number of likely N-dealkylation sites (N-methyl/N-ethyl adjacent to an activating group) is 2. The second kappa shape index (κ2) is 5.12. The third-order valence-electron chi connectivity index (χ3n) is 3.33. The van der Waals surface area contributed by atoms with Crippen molar-refractivity contribution in [1.82, 2.24) is 14.7 Å². The van der Waals surface area contributed by atoms with Gasteiger partial charge >= 0.3 is 0 Å². The zero-order valence-corrected chi connectivity index (χ0v) is 10.2. The summed E-state index contributed by atoms with van der Waals surface area (Å²) >= 11 is 0. The number of hydrogen-bond acceptors (Lipinski definition) is 4. The summed E-state index contributed by atoms with van der Waals surface area (Å²) in [5, 5.41) is 0. The Morgan fingerprint density at radius 1 is 1.12 bits per heavy atom. The van der Waals surface area contributed by atoms with E-state index in [1.165, 1.54) is 0 Å². The minimum atomic E-state index is 0.141. The first-order valence-electron chi connectivity index (χ1n) is 5.91. The van der Waals surface area contributed by atoms with Gasteiger partial charge in [-0.2, -0.15) is 0 Å². The molecule has 0 radical (unpaired) electrons. The maximum atomic E-state index is 11.8. The third-order valence-corrected chi connectivity index (χ3v) is 3.33. The monoisotopic (exact) mass is 227 g/mol. The Bertz CT molecular complexity index is 246. The molecule has 0 aromatic carbocycles. The van der Waals surface area contributed by atoms with Crippen LogP contribution >= 0.6 is 0 Å². The minimum Gasteiger partial charge on any atom is -0.366 e. The second-order valence-corrected chi connectivity index (χ2v) is 4.84. The average Bonchev–Trinajstić information content (AvgIpc) is 2.23. The van der Waals surface area contributed by atoms with Gasteiger partial charge in [0.2, 0.25) is 5.91 Å². The molecule has 2 heterocycles. The lowest BCUT2D eigenvalue weighted by Gasteiger charge is -2.37. The van der Waals surface area contributed by atoms with E-state index < -0.39 is 0 Å². The van der Waals surface area contributed by atoms with Crippen molar-refractivity contribution in [2.24, 2.45) is 0 Å². The number of ether oxygens (including phenoxy) is 1. The van der Waals surface area contributed by atoms with E-state index in [-0.39, 0.29) is 18.6 Å². The molecule has 0 bridgehead atoms. The molecule has 5 heteroatoms. The van der Waals surface area contributed by atoms with Crippen molar-refractivity contribution >= 4 is 5.91 Å². The predicted molar refractivity (Wildman–Crippen MR) is 61.3 cm³/mol. The molecule has 0 aromatic rings. The number of likely N-dealkylation sites (tertiary alicyclic amines) is 1. The van der Waals surface area contributed by atoms with Crippen LogP contribution in [0.15, 0.2) is 0 Å². The highest BCUT2D eigenvalue weighted by atomic mass is 16.5. The van der Waals surface area contributed by atoms with Gasteiger partial charge in [-0.15, -0.1) is 0 Å². The topological polar surface area (TPSA) is 36.0 Å². The average molecular weight is 227 g/mol. The zero-order chi connectivity index (χ0) is 11.5. The fourth-order valence-corrected chi connectivity index (χ4v) is 2.08. The highest BCUT2D eigenvalue weighted by Crippen LogP contribution is 2.09. The van der Waals surface area contributed by atoms with Crippen molar-refractivity contribution in [3.63, 3.8) is 0 Å². The number of piperazine rings is 1. The van der Waals surface area contributed by atoms with Gasteiger partial charge in [-0.3, -0.25) is 4.79 Å². The van der Waals surface area contributed by atoms with E-state index in [9.17, 15) is 4.79 Å². The molecule has 2 rings (SSSR count). The first kappa shape index (κ1) is 11.8. The summed E-state index contributed by atoms with van der Waals surface area (Å²) < 4.78 is 5.54. The molecule has 2 aliphatic heterocycles. The molecule has 0 aromatic heterocycles. The number of carbonyl (C=O) groups is 1. The third kappa shape index (κ3) is 2.93. The molecule has 0 unspecified atom stereocenters. The maximum Gasteiger partial charge on any atom is 0.248 e. The minimum absolute atomic E-state index is 0.141. The van der Waals surface area contributed by atoms with Gasteiger partial charge in [-0.25, -0.2) is 0 Å². The van der Waals surface area contributed by atoms with Gasteiger partial charge in [0.25, 0.3) is 0 Å². The molecule has 0 atom stereocenters. The summed E-state index contributed by atoms with van der Waals surface area (Å²) in [5.74, 6) is 0.141. The van der Waals surface area contributed by atoms with Crippen LogP contribution in [0.3, 0.4) is 0 Å². The number of rotatable bonds is 3. The zero-order valence-electron chi connectivity index (χ0n) is 10.2. The molecule has 0 N–H and O–H groups in total. The van der Waals surface area contributed by atoms with Crippen LogP contribution in [0.1, 0.15) is 0 Å². The van der Waals surface area contributed by atoms with E-state index in [1.54, 1.807) is 0 Å². The van der Waals surface area contributed by atoms with Crippen LogP contribution in [0.2, 0.25) is 0 Å². The fraction of sp³-hybridized carbons (Fsp3) is 0.909. The van der Waals surface area contributed by atoms with Crippen molar-refractivity contribution in [3.8, 4) is 0 Å². The van der Waals surface area contributed by atoms with Crippen LogP contribution in [0.4, 0.5) is 0 Å². The van der Waals surface area contributed by atoms with Crippen LogP contribution in [0, 0.1) is 0 Å². The van der Waals surface area contributed by atoms with Crippen LogP contribution in [-0.4, -0.2) is 86.7 Å². The number of amides is 1. The van der Waals surface area contributed by atoms with E-state index in [2.05, 4.69) is 23.9 Å². The molecular weight excluding hydrogens is 206 g/mol. The SMILES string of the molecule is CN1CCN(C(=O)COC2CN(C)C2)CC1. The molecule has 0 aliphatic carbocycles. The Balaban J connectivity index is 1.64. The first-order chi connectivity index (χ1) is 7.65. The van der Waals surface area contributed by atoms with Gasteiger partial charge in [0.15, 0.2) is 0 Å². The highest BCUT2D eigenvalue weighted by Gasteiger charge is 2.26. The number of nitrogens with zero attached hydrogens (tertiary/aromatic N) is 3. The van der Waals surface area contributed by atoms with Crippen molar-refractivity contribution < 1.29 is 9.53 Å². The van der Waals surface area contributed by atoms with Gasteiger partial charge in [0.1, 0.15) is 6.61 Å². The molecule has 2 fully saturated rings. The molecule has 1 amide bonds. The summed E-state index contributed by atoms with van der Waals surface area (Å²) in [6.07, 6.45) is 0.265. The van der Waals surface area contributed by atoms with Gasteiger partial charge in [0.05, 0.1) is 6.10 Å². The Labute approximate surface area is 96.9 Å². The molecule has 5 nitrogen and oxygen atoms in total. The van der Waals surface area contributed by atoms with Gasteiger partial charge in [0, 0.05) is 39.3 Å². The summed E-state index contributed by atoms with van der Waals surface area (Å²) in [4.78, 5) is 18.1. The maximum absolute atomic E-state index is 11.8. The summed E-state index contributed by atoms with van der Waals surface area (Å²) in [5.41, 5.74) is 0. The van der Waals surface area contributed by atoms with E-state index in [4.69, 9.17) is 4.74 Å². The van der Waals surface area contributed by atoms with Gasteiger partial charge in [-0.1, -0.05) is 0 Å². The molecule has 92 valence electrons. The molecule has 0 spiro atoms. The molecular formula is C11H21N3O2. The number of carbonyl (C=O) groups excluding carboxylic acids is 1. The summed E-state index contributed by atoms with van der Waals surface area (Å²) in [7, 11) is 4.14. The Kier molecular flexibility index (Phi) is 3.78. The lowest BCUT2D eigenvalue weighted by molar-refractivity contribution is -0.143. The van der Waals surface area contributed by atoms with Crippen molar-refractivity contribution in [2.45, 2.75) is 6.10 Å². The fourth-order valence-electron chi connectivity index (χ4n) is 2.08. The standard InChI is InChI=1S/C11H21N3O2/c1-12-3-5-14(6-4-12)11(15)9-16-10-7-13(2)8-10/h10H,3-9H2,1-2H3. The first-order valence-corrected chi connectivity index (χ1v) is 5.91. The molecule has 2 saturated heterocycles. The predicted octanol–water partition coefficient (Wildman–Crippen LogP) is -0.909. The smallest absolute Gasteiger partial charge is 0.248 e. The van der Waals surface area contributed by atoms with Crippen LogP contribution in [-0.2, 0) is 9.53 Å².